The summed E-state index contributed by atoms with van der Waals surface area (Å²) < 4.78 is 1.15. The molecule has 0 spiro atoms. The van der Waals surface area contributed by atoms with Crippen molar-refractivity contribution in [2.24, 2.45) is 4.99 Å². The number of aromatic nitrogens is 1. The molecule has 1 aromatic heterocycles. The molecule has 0 amide bonds. The maximum Gasteiger partial charge on any atom is 0.128 e. The maximum absolute atomic E-state index is 11.6. The van der Waals surface area contributed by atoms with Crippen LogP contribution in [-0.2, 0) is 16.2 Å². The number of benzene rings is 6. The molecule has 4 heteroatoms. The number of hydrogen-bond acceptors (Lipinski definition) is 4. The Morgan fingerprint density at radius 3 is 1.89 bits per heavy atom. The van der Waals surface area contributed by atoms with E-state index in [0.717, 1.165) is 59.5 Å². The van der Waals surface area contributed by atoms with Crippen LogP contribution >= 0.6 is 11.3 Å². The third kappa shape index (κ3) is 7.37. The van der Waals surface area contributed by atoms with E-state index in [1.165, 1.54) is 33.4 Å². The van der Waals surface area contributed by atoms with Gasteiger partial charge in [0.1, 0.15) is 10.8 Å². The normalized spacial score (nSPS) is 12.7. The van der Waals surface area contributed by atoms with Gasteiger partial charge in [-0.15, -0.1) is 11.3 Å². The first kappa shape index (κ1) is 37.3. The molecule has 0 saturated carbocycles. The zero-order valence-corrected chi connectivity index (χ0v) is 34.5. The van der Waals surface area contributed by atoms with E-state index in [4.69, 9.17) is 9.98 Å². The lowest BCUT2D eigenvalue weighted by Crippen LogP contribution is -2.17. The summed E-state index contributed by atoms with van der Waals surface area (Å²) in [5.74, 6) is 0.281. The first-order valence-corrected chi connectivity index (χ1v) is 19.8. The van der Waals surface area contributed by atoms with Gasteiger partial charge < -0.3 is 5.11 Å². The summed E-state index contributed by atoms with van der Waals surface area (Å²) >= 11 is 1.72. The summed E-state index contributed by atoms with van der Waals surface area (Å²) in [7, 11) is 0. The monoisotopic (exact) mass is 728 g/mol. The van der Waals surface area contributed by atoms with Gasteiger partial charge in [0.2, 0.25) is 0 Å². The Balaban J connectivity index is 1.40. The number of nitrogens with zero attached hydrogens (tertiary/aromatic N) is 2. The van der Waals surface area contributed by atoms with Gasteiger partial charge in [0.15, 0.2) is 0 Å². The highest BCUT2D eigenvalue weighted by atomic mass is 32.1. The van der Waals surface area contributed by atoms with Crippen molar-refractivity contribution in [3.8, 4) is 38.6 Å². The Bertz CT molecular complexity index is 2550. The van der Waals surface area contributed by atoms with Crippen LogP contribution in [0, 0.1) is 13.8 Å². The largest absolute Gasteiger partial charge is 0.507 e. The molecule has 274 valence electrons. The highest BCUT2D eigenvalue weighted by Crippen LogP contribution is 2.44. The van der Waals surface area contributed by atoms with Crippen LogP contribution < -0.4 is 0 Å². The van der Waals surface area contributed by atoms with Crippen molar-refractivity contribution in [1.29, 1.82) is 0 Å². The fourth-order valence-electron chi connectivity index (χ4n) is 7.24. The predicted molar refractivity (Wildman–Crippen MR) is 234 cm³/mol. The number of hydrogen-bond donors (Lipinski definition) is 1. The van der Waals surface area contributed by atoms with E-state index in [1.54, 1.807) is 11.3 Å². The van der Waals surface area contributed by atoms with Gasteiger partial charge in [-0.2, -0.15) is 0 Å². The molecule has 3 nitrogen and oxygen atoms in total. The highest BCUT2D eigenvalue weighted by molar-refractivity contribution is 7.21. The highest BCUT2D eigenvalue weighted by Gasteiger charge is 2.25. The van der Waals surface area contributed by atoms with Crippen LogP contribution in [0.4, 0.5) is 5.69 Å². The minimum absolute atomic E-state index is 0.0416. The first-order valence-electron chi connectivity index (χ1n) is 19.0. The summed E-state index contributed by atoms with van der Waals surface area (Å²) in [6.45, 7) is 24.2. The number of phenolic OH excluding ortho intramolecular Hbond substituents is 1. The summed E-state index contributed by atoms with van der Waals surface area (Å²) in [5.41, 5.74) is 13.8. The molecule has 0 bridgehead atoms. The van der Waals surface area contributed by atoms with Crippen LogP contribution in [0.3, 0.4) is 0 Å². The topological polar surface area (TPSA) is 45.5 Å². The number of fused-ring (bicyclic) bond motifs is 2. The molecule has 0 fully saturated rings. The second kappa shape index (κ2) is 13.7. The minimum Gasteiger partial charge on any atom is -0.507 e. The Morgan fingerprint density at radius 1 is 0.611 bits per heavy atom. The SMILES string of the molecule is Cc1cc(C)cc(-c2ccc(-c3cc(C(C)(C)C)cc4sc(-c5ccc6ccccc6c5N=Cc5cc(C(C)(C)C)cc(C(C)(C)C)c5O)nc34)cc2)c1. The Labute approximate surface area is 325 Å². The third-order valence-corrected chi connectivity index (χ3v) is 11.4. The molecular formula is C50H52N2OS. The molecule has 0 unspecified atom stereocenters. The lowest BCUT2D eigenvalue weighted by Gasteiger charge is -2.27. The number of aryl methyl sites for hydroxylation is 2. The molecule has 0 aliphatic rings. The van der Waals surface area contributed by atoms with Crippen LogP contribution in [0.5, 0.6) is 5.75 Å². The minimum atomic E-state index is -0.233. The van der Waals surface area contributed by atoms with Gasteiger partial charge in [-0.05, 0) is 87.6 Å². The molecule has 1 N–H and O–H groups in total. The van der Waals surface area contributed by atoms with Crippen molar-refractivity contribution in [3.63, 3.8) is 0 Å². The van der Waals surface area contributed by atoms with Gasteiger partial charge in [-0.3, -0.25) is 4.99 Å². The molecule has 54 heavy (non-hydrogen) atoms. The summed E-state index contributed by atoms with van der Waals surface area (Å²) in [6.07, 6.45) is 1.85. The van der Waals surface area contributed by atoms with Crippen molar-refractivity contribution >= 4 is 44.2 Å². The lowest BCUT2D eigenvalue weighted by atomic mass is 9.79. The molecule has 0 aliphatic heterocycles. The van der Waals surface area contributed by atoms with Gasteiger partial charge in [0.05, 0.1) is 15.9 Å². The first-order chi connectivity index (χ1) is 25.4. The number of rotatable bonds is 5. The second-order valence-electron chi connectivity index (χ2n) is 18.0. The fraction of sp³-hybridized carbons (Fsp3) is 0.280. The smallest absolute Gasteiger partial charge is 0.128 e. The predicted octanol–water partition coefficient (Wildman–Crippen LogP) is 14.4. The second-order valence-corrected chi connectivity index (χ2v) is 19.0. The molecular weight excluding hydrogens is 677 g/mol. The average molecular weight is 729 g/mol. The van der Waals surface area contributed by atoms with Gasteiger partial charge >= 0.3 is 0 Å². The summed E-state index contributed by atoms with van der Waals surface area (Å²) in [5, 5.41) is 14.7. The average Bonchev–Trinajstić information content (AvgIpc) is 3.53. The Kier molecular flexibility index (Phi) is 9.43. The Morgan fingerprint density at radius 2 is 1.24 bits per heavy atom. The molecule has 1 heterocycles. The van der Waals surface area contributed by atoms with Crippen LogP contribution in [0.2, 0.25) is 0 Å². The van der Waals surface area contributed by atoms with E-state index < -0.39 is 0 Å². The number of thiazole rings is 1. The van der Waals surface area contributed by atoms with Crippen LogP contribution in [0.1, 0.15) is 95.7 Å². The Hall–Kier alpha value is -5.06. The van der Waals surface area contributed by atoms with E-state index in [0.29, 0.717) is 0 Å². The third-order valence-electron chi connectivity index (χ3n) is 10.4. The van der Waals surface area contributed by atoms with Gasteiger partial charge in [-0.25, -0.2) is 4.98 Å². The summed E-state index contributed by atoms with van der Waals surface area (Å²) in [6, 6.07) is 37.3. The molecule has 0 atom stereocenters. The van der Waals surface area contributed by atoms with E-state index in [9.17, 15) is 5.11 Å². The van der Waals surface area contributed by atoms with Gasteiger partial charge in [0.25, 0.3) is 0 Å². The van der Waals surface area contributed by atoms with E-state index in [-0.39, 0.29) is 22.0 Å². The van der Waals surface area contributed by atoms with Crippen molar-refractivity contribution in [3.05, 3.63) is 137 Å². The van der Waals surface area contributed by atoms with E-state index in [1.807, 2.05) is 6.21 Å². The fourth-order valence-corrected chi connectivity index (χ4v) is 8.30. The quantitative estimate of drug-likeness (QED) is 0.179. The van der Waals surface area contributed by atoms with Gasteiger partial charge in [0, 0.05) is 33.9 Å². The standard InChI is InChI=1S/C50H52N2OS/c1-30-22-31(2)24-35(23-30)32-16-18-34(19-17-32)41-26-38(49(6,7)8)28-43-45(41)52-47(54-43)40-21-20-33-14-12-13-15-39(33)44(40)51-29-36-25-37(48(3,4)5)27-42(46(36)53)50(9,10)11/h12-29,53H,1-11H3. The number of phenols is 1. The van der Waals surface area contributed by atoms with Crippen molar-refractivity contribution in [1.82, 2.24) is 4.98 Å². The maximum atomic E-state index is 11.6. The van der Waals surface area contributed by atoms with E-state index in [2.05, 4.69) is 179 Å². The summed E-state index contributed by atoms with van der Waals surface area (Å²) in [4.78, 5) is 10.6. The van der Waals surface area contributed by atoms with Crippen LogP contribution in [0.25, 0.3) is 53.8 Å². The molecule has 0 aliphatic carbocycles. The van der Waals surface area contributed by atoms with Gasteiger partial charge in [-0.1, -0.05) is 152 Å². The molecule has 0 saturated heterocycles. The molecule has 6 aromatic carbocycles. The number of aromatic hydroxyl groups is 1. The molecule has 7 aromatic rings. The number of aliphatic imine (C=N–C) groups is 1. The van der Waals surface area contributed by atoms with Crippen LogP contribution in [-0.4, -0.2) is 16.3 Å². The van der Waals surface area contributed by atoms with Crippen molar-refractivity contribution in [2.75, 3.05) is 0 Å². The lowest BCUT2D eigenvalue weighted by molar-refractivity contribution is 0.444. The van der Waals surface area contributed by atoms with Crippen LogP contribution in [0.15, 0.2) is 108 Å². The zero-order chi connectivity index (χ0) is 38.7. The van der Waals surface area contributed by atoms with Crippen molar-refractivity contribution in [2.45, 2.75) is 92.4 Å². The zero-order valence-electron chi connectivity index (χ0n) is 33.6. The van der Waals surface area contributed by atoms with Crippen molar-refractivity contribution < 1.29 is 5.11 Å². The molecule has 0 radical (unpaired) electrons. The molecule has 7 rings (SSSR count). The van der Waals surface area contributed by atoms with E-state index >= 15 is 0 Å².